The summed E-state index contributed by atoms with van der Waals surface area (Å²) in [6.07, 6.45) is 0. The molecule has 0 aliphatic rings. The van der Waals surface area contributed by atoms with Gasteiger partial charge in [-0.05, 0) is 6.07 Å². The van der Waals surface area contributed by atoms with E-state index in [9.17, 15) is 4.79 Å². The number of rotatable bonds is 6. The maximum Gasteiger partial charge on any atom is 0.266 e. The van der Waals surface area contributed by atoms with E-state index in [0.29, 0.717) is 13.1 Å². The van der Waals surface area contributed by atoms with Crippen LogP contribution >= 0.6 is 11.8 Å². The topological polar surface area (TPSA) is 60.9 Å². The number of benzene rings is 1. The summed E-state index contributed by atoms with van der Waals surface area (Å²) < 4.78 is 1.52. The third-order valence-corrected chi connectivity index (χ3v) is 3.64. The fourth-order valence-corrected chi connectivity index (χ4v) is 2.38. The number of aromatic nitrogens is 2. The van der Waals surface area contributed by atoms with Crippen molar-refractivity contribution >= 4 is 11.8 Å². The molecule has 19 heavy (non-hydrogen) atoms. The third kappa shape index (κ3) is 3.94. The SMILES string of the molecule is NCCSCCn1nc(-c2ccccc2)ccc1=O. The number of hydrogen-bond donors (Lipinski definition) is 1. The monoisotopic (exact) mass is 275 g/mol. The van der Waals surface area contributed by atoms with Gasteiger partial charge in [0.2, 0.25) is 0 Å². The Bertz CT molecular complexity index is 568. The van der Waals surface area contributed by atoms with Gasteiger partial charge in [0.1, 0.15) is 0 Å². The maximum atomic E-state index is 11.7. The predicted octanol–water partition coefficient (Wildman–Crippen LogP) is 1.60. The molecule has 2 rings (SSSR count). The average molecular weight is 275 g/mol. The lowest BCUT2D eigenvalue weighted by Crippen LogP contribution is -2.23. The van der Waals surface area contributed by atoms with Gasteiger partial charge in [-0.2, -0.15) is 16.9 Å². The van der Waals surface area contributed by atoms with Crippen molar-refractivity contribution < 1.29 is 0 Å². The molecule has 1 heterocycles. The van der Waals surface area contributed by atoms with Gasteiger partial charge in [0.15, 0.2) is 0 Å². The standard InChI is InChI=1S/C14H17N3OS/c15-8-10-19-11-9-17-14(18)7-6-13(16-17)12-4-2-1-3-5-12/h1-7H,8-11,15H2. The van der Waals surface area contributed by atoms with Gasteiger partial charge in [-0.3, -0.25) is 4.79 Å². The Balaban J connectivity index is 2.13. The van der Waals surface area contributed by atoms with Crippen LogP contribution in [0.1, 0.15) is 0 Å². The second-order valence-electron chi connectivity index (χ2n) is 4.05. The summed E-state index contributed by atoms with van der Waals surface area (Å²) in [4.78, 5) is 11.7. The van der Waals surface area contributed by atoms with E-state index in [1.807, 2.05) is 30.3 Å². The van der Waals surface area contributed by atoms with Gasteiger partial charge >= 0.3 is 0 Å². The second-order valence-corrected chi connectivity index (χ2v) is 5.27. The summed E-state index contributed by atoms with van der Waals surface area (Å²) in [7, 11) is 0. The van der Waals surface area contributed by atoms with Crippen LogP contribution in [0.25, 0.3) is 11.3 Å². The zero-order valence-corrected chi connectivity index (χ0v) is 11.5. The second kappa shape index (κ2) is 7.11. The molecule has 0 saturated heterocycles. The van der Waals surface area contributed by atoms with Gasteiger partial charge < -0.3 is 5.73 Å². The van der Waals surface area contributed by atoms with Gasteiger partial charge in [0.25, 0.3) is 5.56 Å². The van der Waals surface area contributed by atoms with Gasteiger partial charge in [0.05, 0.1) is 12.2 Å². The lowest BCUT2D eigenvalue weighted by atomic mass is 10.1. The van der Waals surface area contributed by atoms with Crippen LogP contribution in [-0.2, 0) is 6.54 Å². The van der Waals surface area contributed by atoms with Gasteiger partial charge in [0, 0.05) is 29.7 Å². The minimum Gasteiger partial charge on any atom is -0.330 e. The molecule has 5 heteroatoms. The highest BCUT2D eigenvalue weighted by Gasteiger charge is 2.02. The molecule has 0 bridgehead atoms. The van der Waals surface area contributed by atoms with Crippen molar-refractivity contribution in [2.24, 2.45) is 5.73 Å². The molecule has 0 amide bonds. The van der Waals surface area contributed by atoms with Crippen molar-refractivity contribution in [2.45, 2.75) is 6.54 Å². The smallest absolute Gasteiger partial charge is 0.266 e. The Morgan fingerprint density at radius 3 is 2.63 bits per heavy atom. The molecule has 0 radical (unpaired) electrons. The Labute approximate surface area is 116 Å². The fourth-order valence-electron chi connectivity index (χ4n) is 1.71. The van der Waals surface area contributed by atoms with Crippen LogP contribution in [0.5, 0.6) is 0 Å². The molecule has 2 N–H and O–H groups in total. The van der Waals surface area contributed by atoms with E-state index >= 15 is 0 Å². The highest BCUT2D eigenvalue weighted by molar-refractivity contribution is 7.99. The van der Waals surface area contributed by atoms with E-state index in [0.717, 1.165) is 22.8 Å². The molecule has 0 aliphatic heterocycles. The zero-order valence-electron chi connectivity index (χ0n) is 10.7. The molecule has 1 aromatic carbocycles. The molecule has 2 aromatic rings. The first kappa shape index (κ1) is 13.8. The van der Waals surface area contributed by atoms with E-state index in [1.165, 1.54) is 4.68 Å². The number of thioether (sulfide) groups is 1. The minimum atomic E-state index is -0.0620. The van der Waals surface area contributed by atoms with E-state index in [2.05, 4.69) is 5.10 Å². The largest absolute Gasteiger partial charge is 0.330 e. The molecule has 0 unspecified atom stereocenters. The van der Waals surface area contributed by atoms with Crippen molar-refractivity contribution in [2.75, 3.05) is 18.1 Å². The first-order valence-electron chi connectivity index (χ1n) is 6.22. The van der Waals surface area contributed by atoms with E-state index < -0.39 is 0 Å². The summed E-state index contributed by atoms with van der Waals surface area (Å²) >= 11 is 1.73. The molecule has 4 nitrogen and oxygen atoms in total. The quantitative estimate of drug-likeness (QED) is 0.814. The highest BCUT2D eigenvalue weighted by Crippen LogP contribution is 2.14. The molecule has 0 saturated carbocycles. The number of hydrogen-bond acceptors (Lipinski definition) is 4. The minimum absolute atomic E-state index is 0.0620. The van der Waals surface area contributed by atoms with Crippen molar-refractivity contribution in [3.05, 3.63) is 52.8 Å². The lowest BCUT2D eigenvalue weighted by molar-refractivity contribution is 0.625. The van der Waals surface area contributed by atoms with Crippen molar-refractivity contribution in [1.82, 2.24) is 9.78 Å². The number of nitrogens with zero attached hydrogens (tertiary/aromatic N) is 2. The maximum absolute atomic E-state index is 11.7. The Morgan fingerprint density at radius 1 is 1.11 bits per heavy atom. The summed E-state index contributed by atoms with van der Waals surface area (Å²) in [6, 6.07) is 13.2. The van der Waals surface area contributed by atoms with Crippen LogP contribution in [0.2, 0.25) is 0 Å². The molecule has 0 atom stereocenters. The highest BCUT2D eigenvalue weighted by atomic mass is 32.2. The van der Waals surface area contributed by atoms with Crippen molar-refractivity contribution in [3.63, 3.8) is 0 Å². The normalized spacial score (nSPS) is 10.6. The number of aryl methyl sites for hydroxylation is 1. The van der Waals surface area contributed by atoms with Crippen LogP contribution in [-0.4, -0.2) is 27.8 Å². The van der Waals surface area contributed by atoms with E-state index in [-0.39, 0.29) is 5.56 Å². The molecular weight excluding hydrogens is 258 g/mol. The first-order chi connectivity index (χ1) is 9.31. The van der Waals surface area contributed by atoms with Crippen molar-refractivity contribution in [1.29, 1.82) is 0 Å². The zero-order chi connectivity index (χ0) is 13.5. The van der Waals surface area contributed by atoms with Crippen molar-refractivity contribution in [3.8, 4) is 11.3 Å². The summed E-state index contributed by atoms with van der Waals surface area (Å²) in [5.74, 6) is 1.76. The molecule has 0 fully saturated rings. The van der Waals surface area contributed by atoms with Crippen LogP contribution in [0.3, 0.4) is 0 Å². The van der Waals surface area contributed by atoms with E-state index in [4.69, 9.17) is 5.73 Å². The van der Waals surface area contributed by atoms with Crippen LogP contribution in [0.15, 0.2) is 47.3 Å². The molecule has 0 spiro atoms. The summed E-state index contributed by atoms with van der Waals surface area (Å²) in [6.45, 7) is 1.28. The average Bonchev–Trinajstić information content (AvgIpc) is 2.46. The number of nitrogens with two attached hydrogens (primary N) is 1. The van der Waals surface area contributed by atoms with Crippen LogP contribution in [0, 0.1) is 0 Å². The Morgan fingerprint density at radius 2 is 1.89 bits per heavy atom. The Kier molecular flexibility index (Phi) is 5.18. The third-order valence-electron chi connectivity index (χ3n) is 2.65. The van der Waals surface area contributed by atoms with Crippen LogP contribution in [0.4, 0.5) is 0 Å². The summed E-state index contributed by atoms with van der Waals surface area (Å²) in [5, 5.41) is 4.40. The van der Waals surface area contributed by atoms with E-state index in [1.54, 1.807) is 23.9 Å². The van der Waals surface area contributed by atoms with Gasteiger partial charge in [-0.1, -0.05) is 30.3 Å². The summed E-state index contributed by atoms with van der Waals surface area (Å²) in [5.41, 5.74) is 7.21. The molecule has 100 valence electrons. The molecule has 0 aliphatic carbocycles. The van der Waals surface area contributed by atoms with Crippen LogP contribution < -0.4 is 11.3 Å². The predicted molar refractivity (Wildman–Crippen MR) is 80.3 cm³/mol. The molecule has 1 aromatic heterocycles. The lowest BCUT2D eigenvalue weighted by Gasteiger charge is -2.06. The fraction of sp³-hybridized carbons (Fsp3) is 0.286. The first-order valence-corrected chi connectivity index (χ1v) is 7.38. The molecular formula is C14H17N3OS. The van der Waals surface area contributed by atoms with Gasteiger partial charge in [-0.15, -0.1) is 0 Å². The Hall–Kier alpha value is -1.59. The van der Waals surface area contributed by atoms with Gasteiger partial charge in [-0.25, -0.2) is 4.68 Å².